The molecule has 0 aliphatic heterocycles. The fraction of sp³-hybridized carbons (Fsp3) is 0.333. The molecule has 21 heavy (non-hydrogen) atoms. The van der Waals surface area contributed by atoms with Gasteiger partial charge in [0.25, 0.3) is 0 Å². The maximum atomic E-state index is 8.94. The summed E-state index contributed by atoms with van der Waals surface area (Å²) >= 11 is 2.82. The van der Waals surface area contributed by atoms with Crippen molar-refractivity contribution in [2.45, 2.75) is 23.2 Å². The Morgan fingerprint density at radius 3 is 2.67 bits per heavy atom. The van der Waals surface area contributed by atoms with Crippen LogP contribution in [-0.4, -0.2) is 40.3 Å². The maximum Gasteiger partial charge on any atom is 0.208 e. The molecule has 0 spiro atoms. The summed E-state index contributed by atoms with van der Waals surface area (Å²) in [7, 11) is 3.82. The molecular formula is C12H16N6OS2. The molecule has 2 heterocycles. The number of amidine groups is 1. The molecule has 0 atom stereocenters. The first kappa shape index (κ1) is 15.5. The zero-order valence-electron chi connectivity index (χ0n) is 12.2. The molecule has 3 N–H and O–H groups in total. The second-order valence-electron chi connectivity index (χ2n) is 4.59. The maximum absolute atomic E-state index is 8.94. The van der Waals surface area contributed by atoms with Crippen molar-refractivity contribution < 1.29 is 5.21 Å². The van der Waals surface area contributed by atoms with Gasteiger partial charge in [-0.25, -0.2) is 4.98 Å². The Hall–Kier alpha value is -1.87. The van der Waals surface area contributed by atoms with Gasteiger partial charge in [0.05, 0.1) is 5.56 Å². The lowest BCUT2D eigenvalue weighted by molar-refractivity contribution is 0.318. The van der Waals surface area contributed by atoms with Crippen LogP contribution >= 0.6 is 23.1 Å². The SMILES string of the molecule is Cc1cc(C)c(C(N)=NO)c(Sc2nnc(N(C)C)s2)n1. The third kappa shape index (κ3) is 3.42. The molecule has 9 heteroatoms. The highest BCUT2D eigenvalue weighted by molar-refractivity contribution is 8.01. The molecule has 0 aromatic carbocycles. The van der Waals surface area contributed by atoms with E-state index in [9.17, 15) is 0 Å². The third-order valence-electron chi connectivity index (χ3n) is 2.64. The first-order valence-corrected chi connectivity index (χ1v) is 7.70. The summed E-state index contributed by atoms with van der Waals surface area (Å²) in [6.45, 7) is 3.80. The van der Waals surface area contributed by atoms with Crippen LogP contribution in [0.25, 0.3) is 0 Å². The third-order valence-corrected chi connectivity index (χ3v) is 4.77. The summed E-state index contributed by atoms with van der Waals surface area (Å²) in [5.41, 5.74) is 8.14. The first-order valence-electron chi connectivity index (χ1n) is 6.07. The minimum Gasteiger partial charge on any atom is -0.409 e. The van der Waals surface area contributed by atoms with E-state index in [4.69, 9.17) is 10.9 Å². The molecule has 2 aromatic heterocycles. The van der Waals surface area contributed by atoms with Crippen molar-refractivity contribution in [1.29, 1.82) is 0 Å². The summed E-state index contributed by atoms with van der Waals surface area (Å²) in [5, 5.41) is 21.7. The summed E-state index contributed by atoms with van der Waals surface area (Å²) in [6.07, 6.45) is 0. The van der Waals surface area contributed by atoms with E-state index in [2.05, 4.69) is 20.3 Å². The molecule has 2 rings (SSSR count). The van der Waals surface area contributed by atoms with Gasteiger partial charge in [0.1, 0.15) is 5.03 Å². The number of nitrogens with two attached hydrogens (primary N) is 1. The van der Waals surface area contributed by atoms with Gasteiger partial charge in [-0.2, -0.15) is 0 Å². The van der Waals surface area contributed by atoms with Crippen LogP contribution in [0.1, 0.15) is 16.8 Å². The van der Waals surface area contributed by atoms with Crippen LogP contribution in [0.15, 0.2) is 20.6 Å². The van der Waals surface area contributed by atoms with E-state index >= 15 is 0 Å². The Kier molecular flexibility index (Phi) is 4.63. The standard InChI is InChI=1S/C12H16N6OS2/c1-6-5-7(2)14-10(8(6)9(13)17-19)20-12-16-15-11(21-12)18(3)4/h5,19H,1-4H3,(H2,13,17). The van der Waals surface area contributed by atoms with Gasteiger partial charge >= 0.3 is 0 Å². The average Bonchev–Trinajstić information content (AvgIpc) is 2.86. The topological polar surface area (TPSA) is 101 Å². The number of anilines is 1. The number of rotatable bonds is 4. The monoisotopic (exact) mass is 324 g/mol. The largest absolute Gasteiger partial charge is 0.409 e. The number of pyridine rings is 1. The average molecular weight is 324 g/mol. The van der Waals surface area contributed by atoms with Gasteiger partial charge in [-0.05, 0) is 37.2 Å². The highest BCUT2D eigenvalue weighted by atomic mass is 32.2. The molecule has 0 unspecified atom stereocenters. The Bertz CT molecular complexity index is 682. The fourth-order valence-corrected chi connectivity index (χ4v) is 3.68. The van der Waals surface area contributed by atoms with Gasteiger partial charge in [0, 0.05) is 19.8 Å². The summed E-state index contributed by atoms with van der Waals surface area (Å²) in [4.78, 5) is 6.36. The van der Waals surface area contributed by atoms with E-state index in [1.165, 1.54) is 23.1 Å². The molecule has 0 saturated heterocycles. The lowest BCUT2D eigenvalue weighted by atomic mass is 10.1. The summed E-state index contributed by atoms with van der Waals surface area (Å²) in [6, 6.07) is 1.89. The van der Waals surface area contributed by atoms with Crippen molar-refractivity contribution in [3.05, 3.63) is 22.9 Å². The number of nitrogens with zero attached hydrogens (tertiary/aromatic N) is 5. The van der Waals surface area contributed by atoms with Gasteiger partial charge in [-0.1, -0.05) is 16.5 Å². The fourth-order valence-electron chi connectivity index (χ4n) is 1.75. The normalized spacial score (nSPS) is 11.7. The minimum atomic E-state index is 0.0415. The molecule has 0 radical (unpaired) electrons. The van der Waals surface area contributed by atoms with Crippen LogP contribution in [0.2, 0.25) is 0 Å². The molecule has 2 aromatic rings. The van der Waals surface area contributed by atoms with Gasteiger partial charge in [0.2, 0.25) is 5.13 Å². The molecule has 112 valence electrons. The van der Waals surface area contributed by atoms with Crippen molar-refractivity contribution >= 4 is 34.1 Å². The smallest absolute Gasteiger partial charge is 0.208 e. The van der Waals surface area contributed by atoms with Crippen molar-refractivity contribution in [3.63, 3.8) is 0 Å². The highest BCUT2D eigenvalue weighted by Gasteiger charge is 2.17. The van der Waals surface area contributed by atoms with Crippen molar-refractivity contribution in [1.82, 2.24) is 15.2 Å². The predicted molar refractivity (Wildman–Crippen MR) is 84.6 cm³/mol. The number of hydrogen-bond donors (Lipinski definition) is 2. The molecule has 0 aliphatic rings. The van der Waals surface area contributed by atoms with E-state index in [1.54, 1.807) is 0 Å². The second-order valence-corrected chi connectivity index (χ2v) is 6.78. The number of oxime groups is 1. The Labute approximate surface area is 130 Å². The van der Waals surface area contributed by atoms with E-state index in [-0.39, 0.29) is 5.84 Å². The molecule has 0 saturated carbocycles. The van der Waals surface area contributed by atoms with Gasteiger partial charge in [0.15, 0.2) is 10.2 Å². The van der Waals surface area contributed by atoms with Crippen molar-refractivity contribution in [2.75, 3.05) is 19.0 Å². The van der Waals surface area contributed by atoms with E-state index in [1.807, 2.05) is 38.9 Å². The molecule has 0 fully saturated rings. The van der Waals surface area contributed by atoms with Crippen LogP contribution in [0.4, 0.5) is 5.13 Å². The predicted octanol–water partition coefficient (Wildman–Crippen LogP) is 1.86. The number of hydrogen-bond acceptors (Lipinski definition) is 8. The Morgan fingerprint density at radius 1 is 1.38 bits per heavy atom. The summed E-state index contributed by atoms with van der Waals surface area (Å²) < 4.78 is 0.753. The lowest BCUT2D eigenvalue weighted by Gasteiger charge is -2.10. The van der Waals surface area contributed by atoms with Crippen LogP contribution in [-0.2, 0) is 0 Å². The minimum absolute atomic E-state index is 0.0415. The van der Waals surface area contributed by atoms with Crippen LogP contribution < -0.4 is 10.6 Å². The second kappa shape index (κ2) is 6.27. The number of aromatic nitrogens is 3. The van der Waals surface area contributed by atoms with Crippen LogP contribution in [0.5, 0.6) is 0 Å². The Balaban J connectivity index is 2.42. The molecule has 0 aliphatic carbocycles. The first-order chi connectivity index (χ1) is 9.92. The zero-order chi connectivity index (χ0) is 15.6. The van der Waals surface area contributed by atoms with E-state index in [0.717, 1.165) is 20.7 Å². The van der Waals surface area contributed by atoms with Gasteiger partial charge in [-0.15, -0.1) is 10.2 Å². The van der Waals surface area contributed by atoms with Crippen molar-refractivity contribution in [3.8, 4) is 0 Å². The molecule has 7 nitrogen and oxygen atoms in total. The highest BCUT2D eigenvalue weighted by Crippen LogP contribution is 2.34. The number of aryl methyl sites for hydroxylation is 2. The summed E-state index contributed by atoms with van der Waals surface area (Å²) in [5.74, 6) is 0.0415. The van der Waals surface area contributed by atoms with Crippen LogP contribution in [0.3, 0.4) is 0 Å². The molecular weight excluding hydrogens is 308 g/mol. The van der Waals surface area contributed by atoms with E-state index in [0.29, 0.717) is 10.6 Å². The molecule has 0 amide bonds. The zero-order valence-corrected chi connectivity index (χ0v) is 13.8. The van der Waals surface area contributed by atoms with Gasteiger partial charge < -0.3 is 15.8 Å². The Morgan fingerprint density at radius 2 is 2.10 bits per heavy atom. The lowest BCUT2D eigenvalue weighted by Crippen LogP contribution is -2.17. The van der Waals surface area contributed by atoms with Gasteiger partial charge in [-0.3, -0.25) is 0 Å². The van der Waals surface area contributed by atoms with E-state index < -0.39 is 0 Å². The van der Waals surface area contributed by atoms with Crippen molar-refractivity contribution in [2.24, 2.45) is 10.9 Å². The molecule has 0 bridgehead atoms. The van der Waals surface area contributed by atoms with Crippen LogP contribution in [0, 0.1) is 13.8 Å². The quantitative estimate of drug-likeness (QED) is 0.383.